The minimum absolute atomic E-state index is 0.557. The highest BCUT2D eigenvalue weighted by Gasteiger charge is 2.09. The first kappa shape index (κ1) is 15.2. The molecular weight excluding hydrogens is 342 g/mol. The Morgan fingerprint density at radius 2 is 1.95 bits per heavy atom. The first-order chi connectivity index (χ1) is 9.63. The number of methoxy groups -OCH3 is 1. The van der Waals surface area contributed by atoms with Crippen LogP contribution in [0.25, 0.3) is 0 Å². The maximum absolute atomic E-state index is 6.03. The van der Waals surface area contributed by atoms with E-state index in [-0.39, 0.29) is 0 Å². The number of rotatable bonds is 5. The van der Waals surface area contributed by atoms with Crippen LogP contribution in [-0.4, -0.2) is 13.7 Å². The maximum atomic E-state index is 6.03. The van der Waals surface area contributed by atoms with Gasteiger partial charge < -0.3 is 15.2 Å². The van der Waals surface area contributed by atoms with Gasteiger partial charge in [0.25, 0.3) is 0 Å². The van der Waals surface area contributed by atoms with Crippen molar-refractivity contribution in [3.8, 4) is 17.2 Å². The van der Waals surface area contributed by atoms with Gasteiger partial charge in [-0.25, -0.2) is 0 Å². The summed E-state index contributed by atoms with van der Waals surface area (Å²) >= 11 is 9.49. The van der Waals surface area contributed by atoms with Gasteiger partial charge in [-0.3, -0.25) is 0 Å². The molecule has 0 atom stereocenters. The fourth-order valence-corrected chi connectivity index (χ4v) is 2.40. The van der Waals surface area contributed by atoms with Gasteiger partial charge in [0, 0.05) is 5.02 Å². The van der Waals surface area contributed by atoms with Crippen LogP contribution in [-0.2, 0) is 6.42 Å². The van der Waals surface area contributed by atoms with Crippen molar-refractivity contribution in [3.05, 3.63) is 51.5 Å². The molecule has 0 fully saturated rings. The highest BCUT2D eigenvalue weighted by atomic mass is 79.9. The predicted molar refractivity (Wildman–Crippen MR) is 85.0 cm³/mol. The number of hydrogen-bond donors (Lipinski definition) is 1. The average Bonchev–Trinajstić information content (AvgIpc) is 2.44. The highest BCUT2D eigenvalue weighted by molar-refractivity contribution is 9.10. The molecule has 0 saturated carbocycles. The third-order valence-corrected chi connectivity index (χ3v) is 3.66. The summed E-state index contributed by atoms with van der Waals surface area (Å²) in [4.78, 5) is 0. The lowest BCUT2D eigenvalue weighted by Gasteiger charge is -2.13. The minimum atomic E-state index is 0.557. The molecule has 0 aliphatic carbocycles. The van der Waals surface area contributed by atoms with Crippen LogP contribution < -0.4 is 15.2 Å². The van der Waals surface area contributed by atoms with E-state index in [1.165, 1.54) is 0 Å². The highest BCUT2D eigenvalue weighted by Crippen LogP contribution is 2.35. The maximum Gasteiger partial charge on any atom is 0.141 e. The Hall–Kier alpha value is -1.23. The molecule has 0 spiro atoms. The van der Waals surface area contributed by atoms with Crippen LogP contribution in [0.4, 0.5) is 0 Å². The zero-order chi connectivity index (χ0) is 14.5. The molecule has 3 nitrogen and oxygen atoms in total. The molecule has 0 saturated heterocycles. The van der Waals surface area contributed by atoms with E-state index in [4.69, 9.17) is 26.8 Å². The number of halogens is 2. The van der Waals surface area contributed by atoms with Gasteiger partial charge in [-0.2, -0.15) is 0 Å². The molecule has 2 rings (SSSR count). The van der Waals surface area contributed by atoms with Gasteiger partial charge >= 0.3 is 0 Å². The SMILES string of the molecule is COc1ccc(Oc2cc(Cl)ccc2CCN)c(Br)c1. The topological polar surface area (TPSA) is 44.5 Å². The van der Waals surface area contributed by atoms with E-state index in [0.29, 0.717) is 23.1 Å². The molecule has 0 amide bonds. The molecule has 0 unspecified atom stereocenters. The van der Waals surface area contributed by atoms with E-state index >= 15 is 0 Å². The zero-order valence-electron chi connectivity index (χ0n) is 11.0. The molecule has 0 aliphatic heterocycles. The minimum Gasteiger partial charge on any atom is -0.497 e. The van der Waals surface area contributed by atoms with E-state index < -0.39 is 0 Å². The number of ether oxygens (including phenoxy) is 2. The van der Waals surface area contributed by atoms with Gasteiger partial charge in [0.15, 0.2) is 0 Å². The predicted octanol–water partition coefficient (Wildman–Crippen LogP) is 4.40. The van der Waals surface area contributed by atoms with Crippen molar-refractivity contribution >= 4 is 27.5 Å². The molecule has 20 heavy (non-hydrogen) atoms. The summed E-state index contributed by atoms with van der Waals surface area (Å²) < 4.78 is 11.9. The second kappa shape index (κ2) is 6.97. The van der Waals surface area contributed by atoms with E-state index in [0.717, 1.165) is 22.2 Å². The Kier molecular flexibility index (Phi) is 5.29. The molecule has 0 aromatic heterocycles. The van der Waals surface area contributed by atoms with Crippen LogP contribution in [0, 0.1) is 0 Å². The Morgan fingerprint density at radius 3 is 2.60 bits per heavy atom. The molecule has 2 aromatic carbocycles. The van der Waals surface area contributed by atoms with Crippen LogP contribution in [0.2, 0.25) is 5.02 Å². The Morgan fingerprint density at radius 1 is 1.15 bits per heavy atom. The number of benzene rings is 2. The lowest BCUT2D eigenvalue weighted by atomic mass is 10.1. The van der Waals surface area contributed by atoms with Crippen LogP contribution >= 0.6 is 27.5 Å². The summed E-state index contributed by atoms with van der Waals surface area (Å²) in [7, 11) is 1.62. The van der Waals surface area contributed by atoms with Gasteiger partial charge in [0.2, 0.25) is 0 Å². The van der Waals surface area contributed by atoms with Crippen molar-refractivity contribution in [3.63, 3.8) is 0 Å². The average molecular weight is 357 g/mol. The van der Waals surface area contributed by atoms with Crippen LogP contribution in [0.5, 0.6) is 17.2 Å². The van der Waals surface area contributed by atoms with E-state index in [1.807, 2.05) is 30.3 Å². The fraction of sp³-hybridized carbons (Fsp3) is 0.200. The summed E-state index contributed by atoms with van der Waals surface area (Å²) in [5.41, 5.74) is 6.64. The molecule has 106 valence electrons. The monoisotopic (exact) mass is 355 g/mol. The Labute approximate surface area is 131 Å². The van der Waals surface area contributed by atoms with Crippen molar-refractivity contribution in [2.45, 2.75) is 6.42 Å². The number of hydrogen-bond acceptors (Lipinski definition) is 3. The summed E-state index contributed by atoms with van der Waals surface area (Å²) in [5, 5.41) is 0.630. The van der Waals surface area contributed by atoms with Crippen molar-refractivity contribution in [2.24, 2.45) is 5.73 Å². The summed E-state index contributed by atoms with van der Waals surface area (Å²) in [5.74, 6) is 2.18. The number of nitrogens with two attached hydrogens (primary N) is 1. The summed E-state index contributed by atoms with van der Waals surface area (Å²) in [6, 6.07) is 11.1. The first-order valence-electron chi connectivity index (χ1n) is 6.14. The lowest BCUT2D eigenvalue weighted by Crippen LogP contribution is -2.04. The van der Waals surface area contributed by atoms with Crippen LogP contribution in [0.15, 0.2) is 40.9 Å². The molecule has 0 heterocycles. The summed E-state index contributed by atoms with van der Waals surface area (Å²) in [6.45, 7) is 0.557. The standard InChI is InChI=1S/C15H15BrClNO2/c1-19-12-4-5-14(13(16)9-12)20-15-8-11(17)3-2-10(15)6-7-18/h2-5,8-9H,6-7,18H2,1H3. The van der Waals surface area contributed by atoms with Crippen LogP contribution in [0.3, 0.4) is 0 Å². The molecule has 5 heteroatoms. The van der Waals surface area contributed by atoms with Crippen LogP contribution in [0.1, 0.15) is 5.56 Å². The normalized spacial score (nSPS) is 10.4. The lowest BCUT2D eigenvalue weighted by molar-refractivity contribution is 0.412. The smallest absolute Gasteiger partial charge is 0.141 e. The van der Waals surface area contributed by atoms with E-state index in [1.54, 1.807) is 13.2 Å². The second-order valence-corrected chi connectivity index (χ2v) is 5.48. The van der Waals surface area contributed by atoms with E-state index in [2.05, 4.69) is 15.9 Å². The summed E-state index contributed by atoms with van der Waals surface area (Å²) in [6.07, 6.45) is 0.736. The Bertz CT molecular complexity index is 604. The molecule has 2 N–H and O–H groups in total. The van der Waals surface area contributed by atoms with Gasteiger partial charge in [-0.1, -0.05) is 17.7 Å². The van der Waals surface area contributed by atoms with Gasteiger partial charge in [0.1, 0.15) is 17.2 Å². The van der Waals surface area contributed by atoms with Gasteiger partial charge in [-0.15, -0.1) is 0 Å². The van der Waals surface area contributed by atoms with Crippen molar-refractivity contribution in [1.82, 2.24) is 0 Å². The van der Waals surface area contributed by atoms with Crippen molar-refractivity contribution < 1.29 is 9.47 Å². The van der Waals surface area contributed by atoms with Gasteiger partial charge in [-0.05, 0) is 64.8 Å². The quantitative estimate of drug-likeness (QED) is 0.863. The molecule has 0 radical (unpaired) electrons. The fourth-order valence-electron chi connectivity index (χ4n) is 1.80. The molecule has 0 bridgehead atoms. The molecule has 2 aromatic rings. The second-order valence-electron chi connectivity index (χ2n) is 4.19. The zero-order valence-corrected chi connectivity index (χ0v) is 13.4. The third kappa shape index (κ3) is 3.66. The van der Waals surface area contributed by atoms with Gasteiger partial charge in [0.05, 0.1) is 11.6 Å². The Balaban J connectivity index is 2.31. The molecule has 0 aliphatic rings. The van der Waals surface area contributed by atoms with E-state index in [9.17, 15) is 0 Å². The molecular formula is C15H15BrClNO2. The first-order valence-corrected chi connectivity index (χ1v) is 7.31. The largest absolute Gasteiger partial charge is 0.497 e. The third-order valence-electron chi connectivity index (χ3n) is 2.80. The van der Waals surface area contributed by atoms with Crippen molar-refractivity contribution in [2.75, 3.05) is 13.7 Å². The van der Waals surface area contributed by atoms with Crippen molar-refractivity contribution in [1.29, 1.82) is 0 Å².